The molecule has 150 valence electrons. The van der Waals surface area contributed by atoms with E-state index < -0.39 is 30.2 Å². The van der Waals surface area contributed by atoms with Gasteiger partial charge >= 0.3 is 5.97 Å². The third-order valence-corrected chi connectivity index (χ3v) is 4.99. The lowest BCUT2D eigenvalue weighted by atomic mass is 10.1. The van der Waals surface area contributed by atoms with Gasteiger partial charge in [0.05, 0.1) is 12.5 Å². The number of benzene rings is 1. The van der Waals surface area contributed by atoms with Crippen molar-refractivity contribution in [2.24, 2.45) is 5.92 Å². The molecule has 0 aromatic heterocycles. The van der Waals surface area contributed by atoms with Crippen LogP contribution >= 0.6 is 0 Å². The van der Waals surface area contributed by atoms with Gasteiger partial charge in [0.2, 0.25) is 17.7 Å². The van der Waals surface area contributed by atoms with Gasteiger partial charge in [-0.1, -0.05) is 0 Å². The Labute approximate surface area is 162 Å². The minimum atomic E-state index is -1.16. The Morgan fingerprint density at radius 1 is 1.00 bits per heavy atom. The van der Waals surface area contributed by atoms with E-state index in [-0.39, 0.29) is 25.4 Å². The molecule has 0 saturated carbocycles. The molecule has 0 aliphatic carbocycles. The number of carboxylic acids is 1. The monoisotopic (exact) mass is 388 g/mol. The van der Waals surface area contributed by atoms with Crippen molar-refractivity contribution in [3.8, 4) is 0 Å². The average Bonchev–Trinajstić information content (AvgIpc) is 3.34. The molecule has 3 rings (SSSR count). The average molecular weight is 388 g/mol. The van der Waals surface area contributed by atoms with Crippen LogP contribution in [0, 0.1) is 5.92 Å². The Hall–Kier alpha value is -3.10. The zero-order valence-corrected chi connectivity index (χ0v) is 15.5. The maximum atomic E-state index is 12.3. The molecule has 1 atom stereocenters. The smallest absolute Gasteiger partial charge is 0.322 e. The summed E-state index contributed by atoms with van der Waals surface area (Å²) < 4.78 is 0. The number of hydrogen-bond acceptors (Lipinski definition) is 5. The highest BCUT2D eigenvalue weighted by Crippen LogP contribution is 2.28. The van der Waals surface area contributed by atoms with Crippen LogP contribution in [0.1, 0.15) is 19.3 Å². The van der Waals surface area contributed by atoms with Gasteiger partial charge in [0, 0.05) is 37.4 Å². The highest BCUT2D eigenvalue weighted by molar-refractivity contribution is 6.01. The molecule has 3 N–H and O–H groups in total. The largest absolute Gasteiger partial charge is 0.480 e. The fourth-order valence-corrected chi connectivity index (χ4v) is 3.50. The molecule has 0 bridgehead atoms. The second kappa shape index (κ2) is 8.73. The molecule has 9 heteroatoms. The fourth-order valence-electron chi connectivity index (χ4n) is 3.50. The summed E-state index contributed by atoms with van der Waals surface area (Å²) in [6, 6.07) is 7.78. The van der Waals surface area contributed by atoms with E-state index in [1.807, 2.05) is 24.3 Å². The molecule has 28 heavy (non-hydrogen) atoms. The van der Waals surface area contributed by atoms with E-state index >= 15 is 0 Å². The number of carboxylic acid groups (broad SMARTS) is 1. The summed E-state index contributed by atoms with van der Waals surface area (Å²) in [4.78, 5) is 50.4. The Balaban J connectivity index is 1.52. The van der Waals surface area contributed by atoms with Crippen LogP contribution in [0.5, 0.6) is 0 Å². The number of nitrogens with one attached hydrogen (secondary N) is 2. The lowest BCUT2D eigenvalue weighted by Crippen LogP contribution is -2.41. The number of rotatable bonds is 7. The van der Waals surface area contributed by atoms with Gasteiger partial charge in [0.25, 0.3) is 0 Å². The first-order valence-corrected chi connectivity index (χ1v) is 9.35. The molecular formula is C19H24N4O5. The molecular weight excluding hydrogens is 364 g/mol. The SMILES string of the molecule is O=C(O)CNC(=O)CNC(=O)C1CC(=O)N(c2ccc(N3CCCC3)cc2)C1. The highest BCUT2D eigenvalue weighted by Gasteiger charge is 2.35. The van der Waals surface area contributed by atoms with Crippen LogP contribution in [0.25, 0.3) is 0 Å². The first-order chi connectivity index (χ1) is 13.4. The Kier molecular flexibility index (Phi) is 6.13. The van der Waals surface area contributed by atoms with Crippen molar-refractivity contribution < 1.29 is 24.3 Å². The first kappa shape index (κ1) is 19.7. The molecule has 9 nitrogen and oxygen atoms in total. The van der Waals surface area contributed by atoms with Gasteiger partial charge in [-0.2, -0.15) is 0 Å². The molecule has 2 aliphatic heterocycles. The van der Waals surface area contributed by atoms with Gasteiger partial charge in [-0.15, -0.1) is 0 Å². The molecule has 0 spiro atoms. The highest BCUT2D eigenvalue weighted by atomic mass is 16.4. The maximum absolute atomic E-state index is 12.3. The van der Waals surface area contributed by atoms with E-state index in [0.29, 0.717) is 0 Å². The topological polar surface area (TPSA) is 119 Å². The van der Waals surface area contributed by atoms with E-state index in [2.05, 4.69) is 15.5 Å². The molecule has 3 amide bonds. The molecule has 2 aliphatic rings. The number of aliphatic carboxylic acids is 1. The first-order valence-electron chi connectivity index (χ1n) is 9.35. The summed E-state index contributed by atoms with van der Waals surface area (Å²) in [6.07, 6.45) is 2.46. The van der Waals surface area contributed by atoms with Crippen molar-refractivity contribution in [3.05, 3.63) is 24.3 Å². The zero-order valence-electron chi connectivity index (χ0n) is 15.5. The van der Waals surface area contributed by atoms with Crippen LogP contribution in [-0.4, -0.2) is 61.5 Å². The fraction of sp³-hybridized carbons (Fsp3) is 0.474. The summed E-state index contributed by atoms with van der Waals surface area (Å²) >= 11 is 0. The number of amides is 3. The molecule has 0 radical (unpaired) electrons. The molecule has 2 heterocycles. The predicted octanol–water partition coefficient (Wildman–Crippen LogP) is -0.0433. The van der Waals surface area contributed by atoms with Crippen LogP contribution in [-0.2, 0) is 19.2 Å². The van der Waals surface area contributed by atoms with Gasteiger partial charge in [-0.05, 0) is 37.1 Å². The molecule has 1 aromatic carbocycles. The molecule has 1 unspecified atom stereocenters. The summed E-state index contributed by atoms with van der Waals surface area (Å²) in [7, 11) is 0. The summed E-state index contributed by atoms with van der Waals surface area (Å²) in [6.45, 7) is 1.53. The van der Waals surface area contributed by atoms with Gasteiger partial charge in [0.15, 0.2) is 0 Å². The van der Waals surface area contributed by atoms with Crippen LogP contribution in [0.15, 0.2) is 24.3 Å². The van der Waals surface area contributed by atoms with Gasteiger partial charge in [-0.25, -0.2) is 0 Å². The Morgan fingerprint density at radius 3 is 2.29 bits per heavy atom. The van der Waals surface area contributed by atoms with Crippen molar-refractivity contribution in [3.63, 3.8) is 0 Å². The van der Waals surface area contributed by atoms with E-state index in [1.165, 1.54) is 12.8 Å². The van der Waals surface area contributed by atoms with E-state index in [1.54, 1.807) is 4.90 Å². The van der Waals surface area contributed by atoms with E-state index in [0.717, 1.165) is 24.5 Å². The minimum Gasteiger partial charge on any atom is -0.480 e. The minimum absolute atomic E-state index is 0.0798. The lowest BCUT2D eigenvalue weighted by Gasteiger charge is -2.20. The van der Waals surface area contributed by atoms with Crippen LogP contribution in [0.3, 0.4) is 0 Å². The predicted molar refractivity (Wildman–Crippen MR) is 102 cm³/mol. The maximum Gasteiger partial charge on any atom is 0.322 e. The number of anilines is 2. The summed E-state index contributed by atoms with van der Waals surface area (Å²) in [5.74, 6) is -2.82. The van der Waals surface area contributed by atoms with E-state index in [9.17, 15) is 19.2 Å². The van der Waals surface area contributed by atoms with Crippen molar-refractivity contribution in [1.82, 2.24) is 10.6 Å². The van der Waals surface area contributed by atoms with Crippen LogP contribution < -0.4 is 20.4 Å². The quantitative estimate of drug-likeness (QED) is 0.603. The number of nitrogens with zero attached hydrogens (tertiary/aromatic N) is 2. The number of carbonyl (C=O) groups excluding carboxylic acids is 3. The van der Waals surface area contributed by atoms with Gasteiger partial charge in [0.1, 0.15) is 6.54 Å². The standard InChI is InChI=1S/C19H24N4O5/c24-16(20-11-18(26)27)10-21-19(28)13-9-17(25)23(12-13)15-5-3-14(4-6-15)22-7-1-2-8-22/h3-6,13H,1-2,7-12H2,(H,20,24)(H,21,28)(H,26,27). The number of hydrogen-bond donors (Lipinski definition) is 3. The number of carbonyl (C=O) groups is 4. The summed E-state index contributed by atoms with van der Waals surface area (Å²) in [5.41, 5.74) is 1.89. The van der Waals surface area contributed by atoms with Gasteiger partial charge < -0.3 is 25.5 Å². The zero-order chi connectivity index (χ0) is 20.1. The molecule has 2 saturated heterocycles. The Bertz CT molecular complexity index is 758. The lowest BCUT2D eigenvalue weighted by molar-refractivity contribution is -0.137. The van der Waals surface area contributed by atoms with E-state index in [4.69, 9.17) is 5.11 Å². The van der Waals surface area contributed by atoms with Crippen molar-refractivity contribution >= 4 is 35.1 Å². The van der Waals surface area contributed by atoms with Crippen molar-refractivity contribution in [1.29, 1.82) is 0 Å². The third-order valence-electron chi connectivity index (χ3n) is 4.99. The second-order valence-corrected chi connectivity index (χ2v) is 7.00. The van der Waals surface area contributed by atoms with Crippen LogP contribution in [0.2, 0.25) is 0 Å². The van der Waals surface area contributed by atoms with Gasteiger partial charge in [-0.3, -0.25) is 19.2 Å². The third kappa shape index (κ3) is 4.79. The Morgan fingerprint density at radius 2 is 1.64 bits per heavy atom. The summed E-state index contributed by atoms with van der Waals surface area (Å²) in [5, 5.41) is 13.1. The van der Waals surface area contributed by atoms with Crippen molar-refractivity contribution in [2.45, 2.75) is 19.3 Å². The second-order valence-electron chi connectivity index (χ2n) is 7.00. The molecule has 2 fully saturated rings. The molecule has 1 aromatic rings. The normalized spacial score (nSPS) is 19.0. The van der Waals surface area contributed by atoms with Crippen molar-refractivity contribution in [2.75, 3.05) is 42.5 Å². The van der Waals surface area contributed by atoms with Crippen LogP contribution in [0.4, 0.5) is 11.4 Å².